The van der Waals surface area contributed by atoms with E-state index in [-0.39, 0.29) is 11.7 Å². The van der Waals surface area contributed by atoms with Crippen molar-refractivity contribution < 1.29 is 14.3 Å². The van der Waals surface area contributed by atoms with Crippen LogP contribution in [0.3, 0.4) is 0 Å². The Morgan fingerprint density at radius 2 is 2.04 bits per heavy atom. The van der Waals surface area contributed by atoms with E-state index in [1.807, 2.05) is 30.3 Å². The fourth-order valence-corrected chi connectivity index (χ4v) is 2.95. The topological polar surface area (TPSA) is 88.6 Å². The van der Waals surface area contributed by atoms with Crippen LogP contribution in [0.1, 0.15) is 5.56 Å². The van der Waals surface area contributed by atoms with Crippen molar-refractivity contribution in [1.82, 2.24) is 15.4 Å². The summed E-state index contributed by atoms with van der Waals surface area (Å²) in [7, 11) is 3.14. The predicted molar refractivity (Wildman–Crippen MR) is 102 cm³/mol. The highest BCUT2D eigenvalue weighted by atomic mass is 32.2. The first-order valence-corrected chi connectivity index (χ1v) is 8.79. The minimum absolute atomic E-state index is 0.211. The highest BCUT2D eigenvalue weighted by Crippen LogP contribution is 2.26. The van der Waals surface area contributed by atoms with Crippen molar-refractivity contribution in [2.45, 2.75) is 5.16 Å². The molecular formula is C18H18N4O3S. The number of amides is 1. The van der Waals surface area contributed by atoms with E-state index in [4.69, 9.17) is 9.47 Å². The lowest BCUT2D eigenvalue weighted by Crippen LogP contribution is -2.19. The summed E-state index contributed by atoms with van der Waals surface area (Å²) in [5.41, 5.74) is 5.11. The zero-order chi connectivity index (χ0) is 18.4. The number of hydrogen-bond donors (Lipinski definition) is 2. The number of thioether (sulfide) groups is 1. The first-order chi connectivity index (χ1) is 12.7. The molecule has 0 saturated carbocycles. The number of imidazole rings is 1. The summed E-state index contributed by atoms with van der Waals surface area (Å²) in [6.45, 7) is 0. The van der Waals surface area contributed by atoms with E-state index in [2.05, 4.69) is 20.5 Å². The van der Waals surface area contributed by atoms with Crippen LogP contribution >= 0.6 is 11.8 Å². The van der Waals surface area contributed by atoms with Crippen LogP contribution in [-0.2, 0) is 4.79 Å². The first kappa shape index (κ1) is 17.8. The maximum atomic E-state index is 11.9. The smallest absolute Gasteiger partial charge is 0.250 e. The first-order valence-electron chi connectivity index (χ1n) is 7.81. The molecule has 0 aliphatic carbocycles. The second-order valence-electron chi connectivity index (χ2n) is 5.26. The molecule has 1 amide bonds. The number of nitrogens with zero attached hydrogens (tertiary/aromatic N) is 2. The Morgan fingerprint density at radius 3 is 2.81 bits per heavy atom. The highest BCUT2D eigenvalue weighted by Gasteiger charge is 2.06. The summed E-state index contributed by atoms with van der Waals surface area (Å²) >= 11 is 1.32. The summed E-state index contributed by atoms with van der Waals surface area (Å²) in [5, 5.41) is 4.66. The summed E-state index contributed by atoms with van der Waals surface area (Å²) in [4.78, 5) is 19.5. The van der Waals surface area contributed by atoms with Gasteiger partial charge in [-0.15, -0.1) is 0 Å². The maximum absolute atomic E-state index is 11.9. The number of fused-ring (bicyclic) bond motifs is 1. The number of carbonyl (C=O) groups excluding carboxylic acids is 1. The van der Waals surface area contributed by atoms with E-state index in [0.29, 0.717) is 16.7 Å². The van der Waals surface area contributed by atoms with Crippen LogP contribution in [0.5, 0.6) is 11.5 Å². The van der Waals surface area contributed by atoms with Crippen LogP contribution in [0.2, 0.25) is 0 Å². The molecule has 0 aliphatic heterocycles. The number of H-pyrrole nitrogens is 1. The molecule has 1 heterocycles. The quantitative estimate of drug-likeness (QED) is 0.379. The number of para-hydroxylation sites is 2. The number of ether oxygens (including phenoxy) is 2. The molecule has 26 heavy (non-hydrogen) atoms. The third kappa shape index (κ3) is 4.34. The zero-order valence-corrected chi connectivity index (χ0v) is 15.2. The van der Waals surface area contributed by atoms with Gasteiger partial charge in [0.1, 0.15) is 0 Å². The zero-order valence-electron chi connectivity index (χ0n) is 14.4. The number of methoxy groups -OCH3 is 2. The van der Waals surface area contributed by atoms with Gasteiger partial charge < -0.3 is 14.5 Å². The lowest BCUT2D eigenvalue weighted by atomic mass is 10.2. The summed E-state index contributed by atoms with van der Waals surface area (Å²) in [5.74, 6) is 1.23. The molecule has 8 heteroatoms. The largest absolute Gasteiger partial charge is 0.493 e. The van der Waals surface area contributed by atoms with Gasteiger partial charge in [-0.25, -0.2) is 10.4 Å². The average molecular weight is 370 g/mol. The van der Waals surface area contributed by atoms with Gasteiger partial charge in [-0.3, -0.25) is 4.79 Å². The molecule has 134 valence electrons. The number of nitrogens with one attached hydrogen (secondary N) is 2. The second-order valence-corrected chi connectivity index (χ2v) is 6.22. The van der Waals surface area contributed by atoms with Gasteiger partial charge in [-0.05, 0) is 35.9 Å². The van der Waals surface area contributed by atoms with Gasteiger partial charge in [0.25, 0.3) is 5.91 Å². The molecule has 0 radical (unpaired) electrons. The predicted octanol–water partition coefficient (Wildman–Crippen LogP) is 2.82. The van der Waals surface area contributed by atoms with Gasteiger partial charge >= 0.3 is 0 Å². The SMILES string of the molecule is COc1ccc(/C=N\NC(=O)CSc2nc3ccccc3[nH]2)cc1OC. The summed E-state index contributed by atoms with van der Waals surface area (Å²) < 4.78 is 10.4. The molecule has 0 saturated heterocycles. The van der Waals surface area contributed by atoms with E-state index in [0.717, 1.165) is 16.6 Å². The van der Waals surface area contributed by atoms with Crippen LogP contribution in [0.4, 0.5) is 0 Å². The highest BCUT2D eigenvalue weighted by molar-refractivity contribution is 7.99. The van der Waals surface area contributed by atoms with Crippen molar-refractivity contribution in [2.24, 2.45) is 5.10 Å². The van der Waals surface area contributed by atoms with E-state index in [9.17, 15) is 4.79 Å². The molecule has 7 nitrogen and oxygen atoms in total. The Labute approximate surface area is 154 Å². The summed E-state index contributed by atoms with van der Waals surface area (Å²) in [6.07, 6.45) is 1.55. The Morgan fingerprint density at radius 1 is 1.23 bits per heavy atom. The van der Waals surface area contributed by atoms with Crippen LogP contribution in [0.25, 0.3) is 11.0 Å². The minimum Gasteiger partial charge on any atom is -0.493 e. The number of rotatable bonds is 7. The molecule has 2 N–H and O–H groups in total. The molecule has 3 rings (SSSR count). The number of hydrogen-bond acceptors (Lipinski definition) is 6. The molecule has 0 unspecified atom stereocenters. The van der Waals surface area contributed by atoms with Crippen molar-refractivity contribution in [3.63, 3.8) is 0 Å². The number of hydrazone groups is 1. The molecule has 1 aromatic heterocycles. The van der Waals surface area contributed by atoms with E-state index in [1.165, 1.54) is 11.8 Å². The molecule has 0 bridgehead atoms. The number of carbonyl (C=O) groups is 1. The molecule has 0 fully saturated rings. The van der Waals surface area contributed by atoms with Crippen molar-refractivity contribution in [3.8, 4) is 11.5 Å². The van der Waals surface area contributed by atoms with Crippen molar-refractivity contribution in [3.05, 3.63) is 48.0 Å². The van der Waals surface area contributed by atoms with Gasteiger partial charge in [-0.2, -0.15) is 5.10 Å². The van der Waals surface area contributed by atoms with E-state index in [1.54, 1.807) is 32.6 Å². The van der Waals surface area contributed by atoms with Crippen molar-refractivity contribution >= 4 is 34.9 Å². The van der Waals surface area contributed by atoms with Gasteiger partial charge in [0.15, 0.2) is 16.7 Å². The van der Waals surface area contributed by atoms with Gasteiger partial charge in [0.05, 0.1) is 37.2 Å². The standard InChI is InChI=1S/C18H18N4O3S/c1-24-15-8-7-12(9-16(15)25-2)10-19-22-17(23)11-26-18-20-13-5-3-4-6-14(13)21-18/h3-10H,11H2,1-2H3,(H,20,21)(H,22,23)/b19-10-. The number of benzene rings is 2. The molecule has 0 spiro atoms. The molecule has 0 aliphatic rings. The monoisotopic (exact) mass is 370 g/mol. The molecule has 3 aromatic rings. The van der Waals surface area contributed by atoms with Crippen molar-refractivity contribution in [2.75, 3.05) is 20.0 Å². The average Bonchev–Trinajstić information content (AvgIpc) is 3.09. The minimum atomic E-state index is -0.216. The second kappa shape index (κ2) is 8.39. The lowest BCUT2D eigenvalue weighted by Gasteiger charge is -2.07. The Hall–Kier alpha value is -3.00. The number of aromatic nitrogens is 2. The maximum Gasteiger partial charge on any atom is 0.250 e. The third-order valence-electron chi connectivity index (χ3n) is 3.52. The van der Waals surface area contributed by atoms with Crippen LogP contribution in [-0.4, -0.2) is 42.1 Å². The van der Waals surface area contributed by atoms with Gasteiger partial charge in [-0.1, -0.05) is 23.9 Å². The van der Waals surface area contributed by atoms with Crippen LogP contribution < -0.4 is 14.9 Å². The fraction of sp³-hybridized carbons (Fsp3) is 0.167. The normalized spacial score (nSPS) is 11.0. The Balaban J connectivity index is 1.52. The lowest BCUT2D eigenvalue weighted by molar-refractivity contribution is -0.118. The van der Waals surface area contributed by atoms with E-state index < -0.39 is 0 Å². The van der Waals surface area contributed by atoms with E-state index >= 15 is 0 Å². The van der Waals surface area contributed by atoms with Gasteiger partial charge in [0, 0.05) is 0 Å². The van der Waals surface area contributed by atoms with Crippen LogP contribution in [0, 0.1) is 0 Å². The Bertz CT molecular complexity index is 906. The fourth-order valence-electron chi connectivity index (χ4n) is 2.28. The van der Waals surface area contributed by atoms with Crippen molar-refractivity contribution in [1.29, 1.82) is 0 Å². The number of aromatic amines is 1. The molecule has 0 atom stereocenters. The van der Waals surface area contributed by atoms with Crippen LogP contribution in [0.15, 0.2) is 52.7 Å². The molecule has 2 aromatic carbocycles. The Kier molecular flexibility index (Phi) is 5.75. The molecular weight excluding hydrogens is 352 g/mol. The van der Waals surface area contributed by atoms with Gasteiger partial charge in [0.2, 0.25) is 0 Å². The third-order valence-corrected chi connectivity index (χ3v) is 4.39. The summed E-state index contributed by atoms with van der Waals surface area (Å²) in [6, 6.07) is 13.1.